The van der Waals surface area contributed by atoms with Crippen molar-refractivity contribution >= 4 is 11.9 Å². The fourth-order valence-corrected chi connectivity index (χ4v) is 8.98. The van der Waals surface area contributed by atoms with Gasteiger partial charge in [0, 0.05) is 23.7 Å². The first kappa shape index (κ1) is 28.3. The van der Waals surface area contributed by atoms with E-state index in [1.807, 2.05) is 33.8 Å². The summed E-state index contributed by atoms with van der Waals surface area (Å²) in [5.74, 6) is -2.08. The van der Waals surface area contributed by atoms with Crippen molar-refractivity contribution in [3.8, 4) is 0 Å². The quantitative estimate of drug-likeness (QED) is 0.423. The van der Waals surface area contributed by atoms with Crippen LogP contribution < -0.4 is 0 Å². The molecule has 2 N–H and O–H groups in total. The fraction of sp³-hybridized carbons (Fsp3) is 0.688. The highest BCUT2D eigenvalue weighted by Gasteiger charge is 2.76. The SMILES string of the molecule is CC(=O)O[C@@]12CO[C@@H]1C[C@H](C)[C@]1(C)[C@@H]2[C@H](OC(=O)c2ccccc2)[C@]2(O)C[C@H](C)C(C)=C([C@H](C)[C@@H]1O)C2(C)C. The predicted octanol–water partition coefficient (Wildman–Crippen LogP) is 4.70. The number of carbonyl (C=O) groups excluding carboxylic acids is 2. The molecule has 1 aromatic rings. The van der Waals surface area contributed by atoms with Gasteiger partial charge in [-0.1, -0.05) is 70.9 Å². The molecule has 39 heavy (non-hydrogen) atoms. The van der Waals surface area contributed by atoms with Crippen molar-refractivity contribution in [3.05, 3.63) is 47.0 Å². The van der Waals surface area contributed by atoms with Crippen LogP contribution in [0.2, 0.25) is 0 Å². The van der Waals surface area contributed by atoms with Gasteiger partial charge < -0.3 is 24.4 Å². The Hall–Kier alpha value is -2.22. The Balaban J connectivity index is 1.80. The molecule has 3 aliphatic carbocycles. The van der Waals surface area contributed by atoms with Crippen molar-refractivity contribution in [2.24, 2.45) is 34.5 Å². The molecule has 0 aromatic heterocycles. The van der Waals surface area contributed by atoms with Crippen LogP contribution in [0.25, 0.3) is 0 Å². The topological polar surface area (TPSA) is 102 Å². The number of allylic oxidation sites excluding steroid dienone is 1. The molecule has 214 valence electrons. The monoisotopic (exact) mass is 540 g/mol. The molecule has 10 atom stereocenters. The summed E-state index contributed by atoms with van der Waals surface area (Å²) >= 11 is 0. The third kappa shape index (κ3) is 3.72. The van der Waals surface area contributed by atoms with E-state index in [4.69, 9.17) is 14.2 Å². The minimum absolute atomic E-state index is 0.00548. The molecule has 7 heteroatoms. The molecule has 1 aromatic carbocycles. The van der Waals surface area contributed by atoms with Gasteiger partial charge in [-0.25, -0.2) is 4.79 Å². The lowest BCUT2D eigenvalue weighted by atomic mass is 9.41. The summed E-state index contributed by atoms with van der Waals surface area (Å²) < 4.78 is 18.7. The second kappa shape index (κ2) is 9.15. The molecule has 5 rings (SSSR count). The lowest BCUT2D eigenvalue weighted by Crippen LogP contribution is -2.80. The zero-order valence-electron chi connectivity index (χ0n) is 24.5. The number of benzene rings is 1. The summed E-state index contributed by atoms with van der Waals surface area (Å²) in [5.41, 5.74) is -1.81. The van der Waals surface area contributed by atoms with Gasteiger partial charge in [-0.15, -0.1) is 0 Å². The summed E-state index contributed by atoms with van der Waals surface area (Å²) in [6.07, 6.45) is -1.39. The zero-order chi connectivity index (χ0) is 28.7. The van der Waals surface area contributed by atoms with Crippen LogP contribution in [0.1, 0.15) is 78.6 Å². The van der Waals surface area contributed by atoms with E-state index in [0.29, 0.717) is 18.4 Å². The maximum Gasteiger partial charge on any atom is 0.338 e. The van der Waals surface area contributed by atoms with Gasteiger partial charge in [-0.3, -0.25) is 4.79 Å². The number of hydrogen-bond acceptors (Lipinski definition) is 7. The lowest BCUT2D eigenvalue weighted by molar-refractivity contribution is -0.356. The number of esters is 2. The van der Waals surface area contributed by atoms with E-state index in [-0.39, 0.29) is 24.4 Å². The van der Waals surface area contributed by atoms with E-state index >= 15 is 0 Å². The van der Waals surface area contributed by atoms with Crippen molar-refractivity contribution in [1.29, 1.82) is 0 Å². The zero-order valence-corrected chi connectivity index (χ0v) is 24.5. The first-order valence-corrected chi connectivity index (χ1v) is 14.3. The van der Waals surface area contributed by atoms with Crippen LogP contribution >= 0.6 is 0 Å². The van der Waals surface area contributed by atoms with E-state index in [1.165, 1.54) is 6.92 Å². The number of aliphatic hydroxyl groups excluding tert-OH is 1. The van der Waals surface area contributed by atoms with Crippen LogP contribution in [0.3, 0.4) is 0 Å². The number of carbonyl (C=O) groups is 2. The van der Waals surface area contributed by atoms with Crippen LogP contribution in [0.5, 0.6) is 0 Å². The van der Waals surface area contributed by atoms with Crippen molar-refractivity contribution in [2.45, 2.75) is 97.7 Å². The maximum absolute atomic E-state index is 13.8. The predicted molar refractivity (Wildman–Crippen MR) is 146 cm³/mol. The van der Waals surface area contributed by atoms with Crippen LogP contribution in [-0.4, -0.2) is 58.3 Å². The minimum atomic E-state index is -1.50. The molecule has 1 aliphatic heterocycles. The van der Waals surface area contributed by atoms with Crippen LogP contribution in [0.15, 0.2) is 41.5 Å². The van der Waals surface area contributed by atoms with Crippen molar-refractivity contribution < 1.29 is 34.0 Å². The average molecular weight is 541 g/mol. The smallest absolute Gasteiger partial charge is 0.338 e. The molecule has 7 nitrogen and oxygen atoms in total. The van der Waals surface area contributed by atoms with Crippen LogP contribution in [0, 0.1) is 34.5 Å². The highest BCUT2D eigenvalue weighted by molar-refractivity contribution is 5.89. The fourth-order valence-electron chi connectivity index (χ4n) is 8.98. The highest BCUT2D eigenvalue weighted by Crippen LogP contribution is 2.67. The summed E-state index contributed by atoms with van der Waals surface area (Å²) in [5, 5.41) is 25.4. The van der Waals surface area contributed by atoms with Gasteiger partial charge in [0.15, 0.2) is 5.60 Å². The molecule has 4 aliphatic rings. The molecular weight excluding hydrogens is 496 g/mol. The van der Waals surface area contributed by atoms with E-state index in [0.717, 1.165) is 11.1 Å². The third-order valence-electron chi connectivity index (χ3n) is 11.3. The molecule has 1 heterocycles. The molecule has 0 unspecified atom stereocenters. The van der Waals surface area contributed by atoms with Crippen molar-refractivity contribution in [3.63, 3.8) is 0 Å². The summed E-state index contributed by atoms with van der Waals surface area (Å²) in [4.78, 5) is 26.4. The largest absolute Gasteiger partial charge is 0.455 e. The number of rotatable bonds is 3. The number of aliphatic hydroxyl groups is 2. The lowest BCUT2D eigenvalue weighted by Gasteiger charge is -2.70. The Bertz CT molecular complexity index is 1190. The van der Waals surface area contributed by atoms with Gasteiger partial charge in [0.05, 0.1) is 24.2 Å². The standard InChI is InChI=1S/C32H44O7/c1-17-15-32(36)27(38-28(35)22-12-10-9-11-13-22)25-30(8,26(34)20(4)24(19(17)3)29(32,6)7)18(2)14-23-31(25,16-37-23)39-21(5)33/h9-13,17-18,20,23,25-27,34,36H,14-16H2,1-8H3/t17-,18-,20-,23+,25-,26-,27-,30+,31-,32+/m0/s1. The van der Waals surface area contributed by atoms with Gasteiger partial charge in [-0.2, -0.15) is 0 Å². The average Bonchev–Trinajstić information content (AvgIpc) is 2.87. The highest BCUT2D eigenvalue weighted by atomic mass is 16.6. The molecule has 1 saturated heterocycles. The summed E-state index contributed by atoms with van der Waals surface area (Å²) in [7, 11) is 0. The molecular formula is C32H44O7. The van der Waals surface area contributed by atoms with E-state index in [9.17, 15) is 19.8 Å². The number of fused-ring (bicyclic) bond motifs is 5. The first-order valence-electron chi connectivity index (χ1n) is 14.3. The number of hydrogen-bond donors (Lipinski definition) is 2. The summed E-state index contributed by atoms with van der Waals surface area (Å²) in [6, 6.07) is 8.76. The van der Waals surface area contributed by atoms with Gasteiger partial charge in [-0.05, 0) is 43.7 Å². The summed E-state index contributed by atoms with van der Waals surface area (Å²) in [6.45, 7) is 15.8. The Morgan fingerprint density at radius 3 is 2.28 bits per heavy atom. The third-order valence-corrected chi connectivity index (χ3v) is 11.3. The molecule has 0 amide bonds. The Labute approximate surface area is 231 Å². The molecule has 2 saturated carbocycles. The molecule has 0 radical (unpaired) electrons. The Kier molecular flexibility index (Phi) is 6.64. The van der Waals surface area contributed by atoms with Crippen LogP contribution in [0.4, 0.5) is 0 Å². The van der Waals surface area contributed by atoms with Crippen molar-refractivity contribution in [2.75, 3.05) is 6.61 Å². The second-order valence-electron chi connectivity index (χ2n) is 13.5. The minimum Gasteiger partial charge on any atom is -0.455 e. The second-order valence-corrected chi connectivity index (χ2v) is 13.5. The van der Waals surface area contributed by atoms with Gasteiger partial charge in [0.2, 0.25) is 0 Å². The Morgan fingerprint density at radius 1 is 1.08 bits per heavy atom. The Morgan fingerprint density at radius 2 is 1.72 bits per heavy atom. The van der Waals surface area contributed by atoms with E-state index < -0.39 is 58.2 Å². The van der Waals surface area contributed by atoms with Gasteiger partial charge in [0.25, 0.3) is 0 Å². The maximum atomic E-state index is 13.8. The van der Waals surface area contributed by atoms with E-state index in [1.54, 1.807) is 24.3 Å². The normalized spacial score (nSPS) is 44.6. The van der Waals surface area contributed by atoms with Gasteiger partial charge in [0.1, 0.15) is 17.8 Å². The van der Waals surface area contributed by atoms with Crippen LogP contribution in [-0.2, 0) is 19.0 Å². The number of ether oxygens (including phenoxy) is 3. The van der Waals surface area contributed by atoms with Crippen molar-refractivity contribution in [1.82, 2.24) is 0 Å². The molecule has 2 bridgehead atoms. The van der Waals surface area contributed by atoms with Gasteiger partial charge >= 0.3 is 11.9 Å². The first-order chi connectivity index (χ1) is 18.1. The van der Waals surface area contributed by atoms with E-state index in [2.05, 4.69) is 20.8 Å². The molecule has 3 fully saturated rings. The molecule has 0 spiro atoms.